The molecule has 2 rings (SSSR count). The molecule has 0 aliphatic heterocycles. The largest absolute Gasteiger partial charge is 0.258 e. The molecule has 4 heteroatoms. The minimum atomic E-state index is 0. The van der Waals surface area contributed by atoms with Crippen molar-refractivity contribution in [1.82, 2.24) is 15.4 Å². The van der Waals surface area contributed by atoms with Crippen LogP contribution in [0.25, 0.3) is 11.0 Å². The second-order valence-corrected chi connectivity index (χ2v) is 2.33. The summed E-state index contributed by atoms with van der Waals surface area (Å²) in [5.74, 6) is 0. The molecule has 0 bridgehead atoms. The van der Waals surface area contributed by atoms with Crippen molar-refractivity contribution in [2.45, 2.75) is 6.92 Å². The van der Waals surface area contributed by atoms with Gasteiger partial charge in [-0.1, -0.05) is 11.3 Å². The standard InChI is InChI=1S/C7H7N3.Pb/c1-5-2-3-6-7(4-5)9-10-8-6;/h2-4H,1H3,(H,8,9,10);. The topological polar surface area (TPSA) is 41.6 Å². The van der Waals surface area contributed by atoms with Crippen LogP contribution < -0.4 is 0 Å². The predicted octanol–water partition coefficient (Wildman–Crippen LogP) is 0.886. The molecule has 0 amide bonds. The van der Waals surface area contributed by atoms with Crippen LogP contribution in [-0.2, 0) is 0 Å². The Labute approximate surface area is 84.3 Å². The number of hydrogen-bond donors (Lipinski definition) is 1. The molecule has 1 aromatic heterocycles. The predicted molar refractivity (Wildman–Crippen MR) is 44.4 cm³/mol. The Kier molecular flexibility index (Phi) is 2.59. The van der Waals surface area contributed by atoms with E-state index in [4.69, 9.17) is 0 Å². The molecule has 0 spiro atoms. The van der Waals surface area contributed by atoms with E-state index in [0.717, 1.165) is 11.0 Å². The number of benzene rings is 1. The van der Waals surface area contributed by atoms with Crippen molar-refractivity contribution in [3.05, 3.63) is 23.8 Å². The smallest absolute Gasteiger partial charge is 0.113 e. The van der Waals surface area contributed by atoms with Gasteiger partial charge < -0.3 is 0 Å². The van der Waals surface area contributed by atoms with E-state index < -0.39 is 0 Å². The zero-order valence-electron chi connectivity index (χ0n) is 6.13. The fourth-order valence-electron chi connectivity index (χ4n) is 0.952. The molecule has 0 saturated carbocycles. The number of aryl methyl sites for hydroxylation is 1. The van der Waals surface area contributed by atoms with E-state index in [1.165, 1.54) is 5.56 Å². The molecular formula is C7H7N3Pb. The van der Waals surface area contributed by atoms with E-state index in [2.05, 4.69) is 15.4 Å². The number of hydrogen-bond acceptors (Lipinski definition) is 2. The van der Waals surface area contributed by atoms with Gasteiger partial charge in [0.2, 0.25) is 0 Å². The van der Waals surface area contributed by atoms with E-state index in [1.807, 2.05) is 25.1 Å². The van der Waals surface area contributed by atoms with Crippen LogP contribution in [-0.4, -0.2) is 42.7 Å². The molecule has 3 nitrogen and oxygen atoms in total. The summed E-state index contributed by atoms with van der Waals surface area (Å²) in [5, 5.41) is 10.3. The van der Waals surface area contributed by atoms with Gasteiger partial charge in [0.1, 0.15) is 5.52 Å². The summed E-state index contributed by atoms with van der Waals surface area (Å²) >= 11 is 0. The number of aromatic nitrogens is 3. The molecule has 1 aromatic carbocycles. The Hall–Kier alpha value is -0.458. The third-order valence-electron chi connectivity index (χ3n) is 1.48. The minimum Gasteiger partial charge on any atom is -0.258 e. The molecule has 0 saturated heterocycles. The number of aromatic amines is 1. The Bertz CT molecular complexity index is 355. The van der Waals surface area contributed by atoms with Gasteiger partial charge >= 0.3 is 0 Å². The average Bonchev–Trinajstić information content (AvgIpc) is 2.33. The number of fused-ring (bicyclic) bond motifs is 1. The molecule has 11 heavy (non-hydrogen) atoms. The monoisotopic (exact) mass is 341 g/mol. The van der Waals surface area contributed by atoms with Gasteiger partial charge in [0.15, 0.2) is 0 Å². The zero-order valence-corrected chi connectivity index (χ0v) is 10.0. The fraction of sp³-hybridized carbons (Fsp3) is 0.143. The fourth-order valence-corrected chi connectivity index (χ4v) is 0.952. The van der Waals surface area contributed by atoms with Crippen molar-refractivity contribution in [2.75, 3.05) is 0 Å². The van der Waals surface area contributed by atoms with Crippen LogP contribution in [0.15, 0.2) is 18.2 Å². The zero-order chi connectivity index (χ0) is 6.97. The van der Waals surface area contributed by atoms with E-state index in [0.29, 0.717) is 0 Å². The molecular weight excluding hydrogens is 333 g/mol. The van der Waals surface area contributed by atoms with E-state index in [-0.39, 0.29) is 27.3 Å². The third kappa shape index (κ3) is 1.58. The van der Waals surface area contributed by atoms with Gasteiger partial charge in [-0.25, -0.2) is 0 Å². The maximum atomic E-state index is 3.87. The van der Waals surface area contributed by atoms with E-state index in [9.17, 15) is 0 Å². The Morgan fingerprint density at radius 1 is 1.36 bits per heavy atom. The van der Waals surface area contributed by atoms with Crippen molar-refractivity contribution in [1.29, 1.82) is 0 Å². The van der Waals surface area contributed by atoms with Crippen LogP contribution in [0.1, 0.15) is 5.56 Å². The Morgan fingerprint density at radius 3 is 3.00 bits per heavy atom. The summed E-state index contributed by atoms with van der Waals surface area (Å²) in [4.78, 5) is 0. The van der Waals surface area contributed by atoms with Crippen LogP contribution >= 0.6 is 0 Å². The van der Waals surface area contributed by atoms with E-state index >= 15 is 0 Å². The van der Waals surface area contributed by atoms with Crippen LogP contribution in [0.4, 0.5) is 0 Å². The molecule has 0 unspecified atom stereocenters. The molecule has 1 N–H and O–H groups in total. The summed E-state index contributed by atoms with van der Waals surface area (Å²) in [7, 11) is 0. The molecule has 4 radical (unpaired) electrons. The first-order valence-corrected chi connectivity index (χ1v) is 3.14. The van der Waals surface area contributed by atoms with Gasteiger partial charge in [-0.05, 0) is 24.6 Å². The summed E-state index contributed by atoms with van der Waals surface area (Å²) in [5.41, 5.74) is 3.13. The maximum absolute atomic E-state index is 3.87. The molecule has 1 heterocycles. The van der Waals surface area contributed by atoms with Crippen LogP contribution in [0.5, 0.6) is 0 Å². The SMILES string of the molecule is Cc1ccc2[nH]nnc2c1.[Pb]. The summed E-state index contributed by atoms with van der Waals surface area (Å²) < 4.78 is 0. The molecule has 54 valence electrons. The summed E-state index contributed by atoms with van der Waals surface area (Å²) in [6.45, 7) is 2.04. The maximum Gasteiger partial charge on any atom is 0.113 e. The molecule has 0 aliphatic carbocycles. The Morgan fingerprint density at radius 2 is 2.18 bits per heavy atom. The quantitative estimate of drug-likeness (QED) is 0.724. The van der Waals surface area contributed by atoms with Gasteiger partial charge in [0, 0.05) is 27.3 Å². The van der Waals surface area contributed by atoms with Crippen LogP contribution in [0.3, 0.4) is 0 Å². The second kappa shape index (κ2) is 3.29. The summed E-state index contributed by atoms with van der Waals surface area (Å²) in [6, 6.07) is 6.01. The van der Waals surface area contributed by atoms with Gasteiger partial charge in [0.05, 0.1) is 5.52 Å². The third-order valence-corrected chi connectivity index (χ3v) is 1.48. The number of rotatable bonds is 0. The van der Waals surface area contributed by atoms with Gasteiger partial charge in [0.25, 0.3) is 0 Å². The van der Waals surface area contributed by atoms with E-state index in [1.54, 1.807) is 0 Å². The van der Waals surface area contributed by atoms with Crippen molar-refractivity contribution in [3.8, 4) is 0 Å². The van der Waals surface area contributed by atoms with Crippen LogP contribution in [0, 0.1) is 6.92 Å². The average molecular weight is 340 g/mol. The second-order valence-electron chi connectivity index (χ2n) is 2.33. The van der Waals surface area contributed by atoms with Gasteiger partial charge in [-0.15, -0.1) is 5.10 Å². The van der Waals surface area contributed by atoms with Crippen molar-refractivity contribution in [3.63, 3.8) is 0 Å². The molecule has 0 aliphatic rings. The first kappa shape index (κ1) is 8.64. The normalized spacial score (nSPS) is 9.55. The molecule has 0 atom stereocenters. The molecule has 2 aromatic rings. The number of nitrogens with zero attached hydrogens (tertiary/aromatic N) is 2. The van der Waals surface area contributed by atoms with Crippen molar-refractivity contribution >= 4 is 38.3 Å². The summed E-state index contributed by atoms with van der Waals surface area (Å²) in [6.07, 6.45) is 0. The van der Waals surface area contributed by atoms with Crippen LogP contribution in [0.2, 0.25) is 0 Å². The first-order chi connectivity index (χ1) is 4.86. The first-order valence-electron chi connectivity index (χ1n) is 3.14. The Balaban J connectivity index is 0.000000605. The minimum absolute atomic E-state index is 0. The van der Waals surface area contributed by atoms with Gasteiger partial charge in [-0.2, -0.15) is 0 Å². The van der Waals surface area contributed by atoms with Crippen molar-refractivity contribution in [2.24, 2.45) is 0 Å². The molecule has 0 fully saturated rings. The number of nitrogens with one attached hydrogen (secondary N) is 1. The van der Waals surface area contributed by atoms with Gasteiger partial charge in [-0.3, -0.25) is 5.10 Å². The van der Waals surface area contributed by atoms with Crippen molar-refractivity contribution < 1.29 is 0 Å². The number of H-pyrrole nitrogens is 1.